The van der Waals surface area contributed by atoms with Gasteiger partial charge in [0.2, 0.25) is 5.91 Å². The maximum absolute atomic E-state index is 12.7. The van der Waals surface area contributed by atoms with Crippen molar-refractivity contribution in [2.45, 2.75) is 45.8 Å². The Hall–Kier alpha value is -0.740. The summed E-state index contributed by atoms with van der Waals surface area (Å²) in [6, 6.07) is 0. The number of carbonyl (C=O) groups is 1. The van der Waals surface area contributed by atoms with Gasteiger partial charge >= 0.3 is 6.18 Å². The van der Waals surface area contributed by atoms with Crippen molar-refractivity contribution in [3.05, 3.63) is 0 Å². The predicted octanol–water partition coefficient (Wildman–Crippen LogP) is 2.83. The first-order valence-electron chi connectivity index (χ1n) is 5.41. The lowest BCUT2D eigenvalue weighted by atomic mass is 9.86. The van der Waals surface area contributed by atoms with Crippen molar-refractivity contribution in [3.63, 3.8) is 0 Å². The molecule has 5 heteroatoms. The molecular weight excluding hydrogens is 219 g/mol. The van der Waals surface area contributed by atoms with Crippen LogP contribution in [0.2, 0.25) is 0 Å². The topological polar surface area (TPSA) is 20.3 Å². The SMILES string of the molecule is CC1C[C@H](C(F)(F)F)CN(C(C)(C)C)C1=O. The summed E-state index contributed by atoms with van der Waals surface area (Å²) in [7, 11) is 0. The van der Waals surface area contributed by atoms with Crippen molar-refractivity contribution >= 4 is 5.91 Å². The quantitative estimate of drug-likeness (QED) is 0.634. The number of rotatable bonds is 0. The zero-order valence-electron chi connectivity index (χ0n) is 10.1. The van der Waals surface area contributed by atoms with Gasteiger partial charge in [0.1, 0.15) is 0 Å². The van der Waals surface area contributed by atoms with Crippen molar-refractivity contribution in [3.8, 4) is 0 Å². The molecule has 0 aromatic rings. The predicted molar refractivity (Wildman–Crippen MR) is 54.8 cm³/mol. The Morgan fingerprint density at radius 3 is 2.12 bits per heavy atom. The van der Waals surface area contributed by atoms with Gasteiger partial charge in [-0.25, -0.2) is 0 Å². The van der Waals surface area contributed by atoms with E-state index in [0.717, 1.165) is 0 Å². The molecule has 1 fully saturated rings. The number of amides is 1. The number of carbonyl (C=O) groups excluding carboxylic acids is 1. The van der Waals surface area contributed by atoms with Crippen LogP contribution in [0.25, 0.3) is 0 Å². The Kier molecular flexibility index (Phi) is 3.27. The van der Waals surface area contributed by atoms with Gasteiger partial charge in [0.25, 0.3) is 0 Å². The number of alkyl halides is 3. The number of hydrogen-bond acceptors (Lipinski definition) is 1. The third-order valence-corrected chi connectivity index (χ3v) is 3.00. The molecule has 1 aliphatic heterocycles. The molecule has 16 heavy (non-hydrogen) atoms. The Bertz CT molecular complexity index is 280. The summed E-state index contributed by atoms with van der Waals surface area (Å²) in [5, 5.41) is 0. The zero-order chi connectivity index (χ0) is 12.7. The minimum absolute atomic E-state index is 0.0884. The summed E-state index contributed by atoms with van der Waals surface area (Å²) in [5.41, 5.74) is -0.546. The number of hydrogen-bond donors (Lipinski definition) is 0. The Labute approximate surface area is 93.8 Å². The fraction of sp³-hybridized carbons (Fsp3) is 0.909. The van der Waals surface area contributed by atoms with Crippen LogP contribution in [0.15, 0.2) is 0 Å². The van der Waals surface area contributed by atoms with E-state index in [2.05, 4.69) is 0 Å². The molecule has 1 saturated heterocycles. The Morgan fingerprint density at radius 2 is 1.75 bits per heavy atom. The summed E-state index contributed by atoms with van der Waals surface area (Å²) < 4.78 is 38.0. The summed E-state index contributed by atoms with van der Waals surface area (Å²) in [5.74, 6) is -2.10. The van der Waals surface area contributed by atoms with E-state index in [9.17, 15) is 18.0 Å². The highest BCUT2D eigenvalue weighted by Crippen LogP contribution is 2.37. The standard InChI is InChI=1S/C11H18F3NO/c1-7-5-8(11(12,13)14)6-15(9(7)16)10(2,3)4/h7-8H,5-6H2,1-4H3/t7?,8-/m0/s1. The lowest BCUT2D eigenvalue weighted by Gasteiger charge is -2.44. The van der Waals surface area contributed by atoms with E-state index in [4.69, 9.17) is 0 Å². The molecule has 0 bridgehead atoms. The molecule has 1 heterocycles. The molecule has 0 aromatic heterocycles. The van der Waals surface area contributed by atoms with Crippen molar-refractivity contribution in [2.24, 2.45) is 11.8 Å². The molecule has 1 unspecified atom stereocenters. The smallest absolute Gasteiger partial charge is 0.337 e. The van der Waals surface area contributed by atoms with Gasteiger partial charge in [-0.1, -0.05) is 6.92 Å². The van der Waals surface area contributed by atoms with Crippen molar-refractivity contribution in [1.82, 2.24) is 4.90 Å². The third kappa shape index (κ3) is 2.68. The average Bonchev–Trinajstić information content (AvgIpc) is 2.05. The number of piperidine rings is 1. The van der Waals surface area contributed by atoms with Gasteiger partial charge in [0, 0.05) is 18.0 Å². The third-order valence-electron chi connectivity index (χ3n) is 3.00. The van der Waals surface area contributed by atoms with Gasteiger partial charge in [-0.15, -0.1) is 0 Å². The molecule has 2 nitrogen and oxygen atoms in total. The second-order valence-electron chi connectivity index (χ2n) is 5.49. The maximum Gasteiger partial charge on any atom is 0.393 e. The number of likely N-dealkylation sites (tertiary alicyclic amines) is 1. The molecule has 2 atom stereocenters. The summed E-state index contributed by atoms with van der Waals surface area (Å²) >= 11 is 0. The minimum atomic E-state index is -4.21. The first-order valence-corrected chi connectivity index (χ1v) is 5.41. The van der Waals surface area contributed by atoms with Gasteiger partial charge in [-0.3, -0.25) is 4.79 Å². The molecule has 0 N–H and O–H groups in total. The van der Waals surface area contributed by atoms with Gasteiger partial charge in [-0.05, 0) is 27.2 Å². The monoisotopic (exact) mass is 237 g/mol. The van der Waals surface area contributed by atoms with Crippen LogP contribution in [0.4, 0.5) is 13.2 Å². The highest BCUT2D eigenvalue weighted by molar-refractivity contribution is 5.80. The van der Waals surface area contributed by atoms with Crippen LogP contribution < -0.4 is 0 Å². The lowest BCUT2D eigenvalue weighted by molar-refractivity contribution is -0.198. The van der Waals surface area contributed by atoms with E-state index in [-0.39, 0.29) is 18.9 Å². The summed E-state index contributed by atoms with van der Waals surface area (Å²) in [6.45, 7) is 6.64. The van der Waals surface area contributed by atoms with E-state index in [0.29, 0.717) is 0 Å². The largest absolute Gasteiger partial charge is 0.393 e. The van der Waals surface area contributed by atoms with Crippen LogP contribution in [-0.2, 0) is 4.79 Å². The van der Waals surface area contributed by atoms with Crippen LogP contribution in [-0.4, -0.2) is 29.1 Å². The van der Waals surface area contributed by atoms with Gasteiger partial charge in [-0.2, -0.15) is 13.2 Å². The first kappa shape index (κ1) is 13.3. The lowest BCUT2D eigenvalue weighted by Crippen LogP contribution is -2.55. The molecule has 0 spiro atoms. The van der Waals surface area contributed by atoms with Crippen LogP contribution >= 0.6 is 0 Å². The van der Waals surface area contributed by atoms with Gasteiger partial charge < -0.3 is 4.90 Å². The van der Waals surface area contributed by atoms with E-state index >= 15 is 0 Å². The van der Waals surface area contributed by atoms with E-state index in [1.54, 1.807) is 27.7 Å². The molecule has 94 valence electrons. The average molecular weight is 237 g/mol. The summed E-state index contributed by atoms with van der Waals surface area (Å²) in [6.07, 6.45) is -4.30. The second kappa shape index (κ2) is 3.93. The van der Waals surface area contributed by atoms with Gasteiger partial charge in [0.05, 0.1) is 5.92 Å². The molecule has 1 rings (SSSR count). The molecule has 0 aromatic carbocycles. The van der Waals surface area contributed by atoms with E-state index < -0.39 is 23.6 Å². The highest BCUT2D eigenvalue weighted by Gasteiger charge is 2.48. The van der Waals surface area contributed by atoms with Crippen LogP contribution in [0.3, 0.4) is 0 Å². The molecule has 1 amide bonds. The van der Waals surface area contributed by atoms with Crippen molar-refractivity contribution in [1.29, 1.82) is 0 Å². The van der Waals surface area contributed by atoms with Crippen molar-refractivity contribution in [2.75, 3.05) is 6.54 Å². The number of nitrogens with zero attached hydrogens (tertiary/aromatic N) is 1. The Morgan fingerprint density at radius 1 is 1.25 bits per heavy atom. The second-order valence-corrected chi connectivity index (χ2v) is 5.49. The normalized spacial score (nSPS) is 28.4. The van der Waals surface area contributed by atoms with Crippen LogP contribution in [0.5, 0.6) is 0 Å². The fourth-order valence-corrected chi connectivity index (χ4v) is 2.02. The fourth-order valence-electron chi connectivity index (χ4n) is 2.02. The van der Waals surface area contributed by atoms with Crippen molar-refractivity contribution < 1.29 is 18.0 Å². The number of halogens is 3. The van der Waals surface area contributed by atoms with Crippen LogP contribution in [0, 0.1) is 11.8 Å². The summed E-state index contributed by atoms with van der Waals surface area (Å²) in [4.78, 5) is 13.1. The molecule has 0 aliphatic carbocycles. The highest BCUT2D eigenvalue weighted by atomic mass is 19.4. The van der Waals surface area contributed by atoms with Crippen LogP contribution in [0.1, 0.15) is 34.1 Å². The molecule has 0 radical (unpaired) electrons. The maximum atomic E-state index is 12.7. The molecule has 0 saturated carbocycles. The van der Waals surface area contributed by atoms with E-state index in [1.165, 1.54) is 4.90 Å². The molecular formula is C11H18F3NO. The van der Waals surface area contributed by atoms with Gasteiger partial charge in [0.15, 0.2) is 0 Å². The molecule has 1 aliphatic rings. The minimum Gasteiger partial charge on any atom is -0.337 e. The Balaban J connectivity index is 2.90. The first-order chi connectivity index (χ1) is 7.03. The van der Waals surface area contributed by atoms with E-state index in [1.807, 2.05) is 0 Å². The zero-order valence-corrected chi connectivity index (χ0v) is 10.1.